The molecule has 1 aliphatic heterocycles. The van der Waals surface area contributed by atoms with Gasteiger partial charge in [-0.2, -0.15) is 0 Å². The molecule has 3 rings (SSSR count). The monoisotopic (exact) mass is 228 g/mol. The van der Waals surface area contributed by atoms with Gasteiger partial charge in [0.15, 0.2) is 0 Å². The summed E-state index contributed by atoms with van der Waals surface area (Å²) in [5, 5.41) is 4.76. The maximum absolute atomic E-state index is 5.63. The lowest BCUT2D eigenvalue weighted by Crippen LogP contribution is -2.23. The van der Waals surface area contributed by atoms with Crippen LogP contribution in [-0.2, 0) is 4.74 Å². The number of para-hydroxylation sites is 1. The molecule has 1 aromatic carbocycles. The molecule has 3 heteroatoms. The fourth-order valence-corrected chi connectivity index (χ4v) is 2.33. The molecule has 1 unspecified atom stereocenters. The lowest BCUT2D eigenvalue weighted by atomic mass is 10.0. The summed E-state index contributed by atoms with van der Waals surface area (Å²) in [5.74, 6) is 0. The summed E-state index contributed by atoms with van der Waals surface area (Å²) in [6.45, 7) is 2.61. The van der Waals surface area contributed by atoms with Gasteiger partial charge in [-0.05, 0) is 30.7 Å². The smallest absolute Gasteiger partial charge is 0.0705 e. The molecule has 1 aromatic heterocycles. The van der Waals surface area contributed by atoms with Crippen LogP contribution < -0.4 is 5.32 Å². The SMILES string of the molecule is c1ccc2c(C3COCCCN3)ccnc2c1. The zero-order valence-electron chi connectivity index (χ0n) is 9.73. The Morgan fingerprint density at radius 3 is 3.18 bits per heavy atom. The zero-order chi connectivity index (χ0) is 11.5. The third-order valence-electron chi connectivity index (χ3n) is 3.20. The zero-order valence-corrected chi connectivity index (χ0v) is 9.73. The summed E-state index contributed by atoms with van der Waals surface area (Å²) >= 11 is 0. The number of nitrogens with one attached hydrogen (secondary N) is 1. The molecule has 1 saturated heterocycles. The average molecular weight is 228 g/mol. The van der Waals surface area contributed by atoms with Crippen LogP contribution in [-0.4, -0.2) is 24.7 Å². The van der Waals surface area contributed by atoms with E-state index in [1.165, 1.54) is 10.9 Å². The van der Waals surface area contributed by atoms with Crippen LogP contribution in [0.4, 0.5) is 0 Å². The second-order valence-corrected chi connectivity index (χ2v) is 4.35. The van der Waals surface area contributed by atoms with E-state index in [1.54, 1.807) is 0 Å². The molecule has 1 fully saturated rings. The van der Waals surface area contributed by atoms with Gasteiger partial charge in [-0.1, -0.05) is 18.2 Å². The maximum Gasteiger partial charge on any atom is 0.0705 e. The highest BCUT2D eigenvalue weighted by atomic mass is 16.5. The number of nitrogens with zero attached hydrogens (tertiary/aromatic N) is 1. The van der Waals surface area contributed by atoms with E-state index in [4.69, 9.17) is 4.74 Å². The Balaban J connectivity index is 2.03. The molecular weight excluding hydrogens is 212 g/mol. The molecule has 0 aliphatic carbocycles. The van der Waals surface area contributed by atoms with Crippen molar-refractivity contribution in [2.45, 2.75) is 12.5 Å². The van der Waals surface area contributed by atoms with Crippen LogP contribution in [0.5, 0.6) is 0 Å². The minimum Gasteiger partial charge on any atom is -0.379 e. The quantitative estimate of drug-likeness (QED) is 0.813. The molecule has 0 saturated carbocycles. The maximum atomic E-state index is 5.63. The van der Waals surface area contributed by atoms with E-state index in [9.17, 15) is 0 Å². The van der Waals surface area contributed by atoms with E-state index in [0.29, 0.717) is 0 Å². The van der Waals surface area contributed by atoms with Crippen molar-refractivity contribution >= 4 is 10.9 Å². The van der Waals surface area contributed by atoms with Crippen molar-refractivity contribution in [1.82, 2.24) is 10.3 Å². The Kier molecular flexibility index (Phi) is 3.03. The topological polar surface area (TPSA) is 34.1 Å². The number of benzene rings is 1. The highest BCUT2D eigenvalue weighted by Crippen LogP contribution is 2.23. The first-order chi connectivity index (χ1) is 8.45. The van der Waals surface area contributed by atoms with E-state index in [-0.39, 0.29) is 6.04 Å². The van der Waals surface area contributed by atoms with Gasteiger partial charge in [0.2, 0.25) is 0 Å². The van der Waals surface area contributed by atoms with E-state index in [1.807, 2.05) is 12.3 Å². The summed E-state index contributed by atoms with van der Waals surface area (Å²) < 4.78 is 5.63. The number of ether oxygens (including phenoxy) is 1. The van der Waals surface area contributed by atoms with Gasteiger partial charge in [0.05, 0.1) is 18.2 Å². The van der Waals surface area contributed by atoms with Gasteiger partial charge in [0.1, 0.15) is 0 Å². The highest BCUT2D eigenvalue weighted by molar-refractivity contribution is 5.82. The summed E-state index contributed by atoms with van der Waals surface area (Å²) in [6, 6.07) is 10.6. The van der Waals surface area contributed by atoms with Crippen molar-refractivity contribution in [3.05, 3.63) is 42.1 Å². The summed E-state index contributed by atoms with van der Waals surface area (Å²) in [7, 11) is 0. The molecule has 1 N–H and O–H groups in total. The summed E-state index contributed by atoms with van der Waals surface area (Å²) in [5.41, 5.74) is 2.34. The van der Waals surface area contributed by atoms with Crippen molar-refractivity contribution in [2.24, 2.45) is 0 Å². The Labute approximate surface area is 101 Å². The summed E-state index contributed by atoms with van der Waals surface area (Å²) in [4.78, 5) is 4.39. The first kappa shape index (κ1) is 10.7. The standard InChI is InChI=1S/C14H16N2O/c1-2-5-13-11(4-1)12(6-8-16-13)14-10-17-9-3-7-15-14/h1-2,4-6,8,14-15H,3,7,9-10H2. The molecule has 1 atom stereocenters. The second kappa shape index (κ2) is 4.82. The molecule has 0 bridgehead atoms. The molecule has 17 heavy (non-hydrogen) atoms. The molecule has 0 spiro atoms. The van der Waals surface area contributed by atoms with Crippen LogP contribution in [0.2, 0.25) is 0 Å². The van der Waals surface area contributed by atoms with Crippen LogP contribution in [0.1, 0.15) is 18.0 Å². The van der Waals surface area contributed by atoms with Crippen LogP contribution in [0.3, 0.4) is 0 Å². The van der Waals surface area contributed by atoms with E-state index >= 15 is 0 Å². The van der Waals surface area contributed by atoms with Crippen molar-refractivity contribution < 1.29 is 4.74 Å². The fraction of sp³-hybridized carbons (Fsp3) is 0.357. The lowest BCUT2D eigenvalue weighted by molar-refractivity contribution is 0.132. The third kappa shape index (κ3) is 2.16. The number of rotatable bonds is 1. The van der Waals surface area contributed by atoms with Gasteiger partial charge in [0.25, 0.3) is 0 Å². The fourth-order valence-electron chi connectivity index (χ4n) is 2.33. The number of hydrogen-bond acceptors (Lipinski definition) is 3. The predicted molar refractivity (Wildman–Crippen MR) is 67.9 cm³/mol. The van der Waals surface area contributed by atoms with Gasteiger partial charge in [0, 0.05) is 18.2 Å². The van der Waals surface area contributed by atoms with Crippen molar-refractivity contribution in [3.63, 3.8) is 0 Å². The van der Waals surface area contributed by atoms with E-state index in [0.717, 1.165) is 31.7 Å². The van der Waals surface area contributed by atoms with Gasteiger partial charge < -0.3 is 10.1 Å². The largest absolute Gasteiger partial charge is 0.379 e. The Morgan fingerprint density at radius 1 is 1.24 bits per heavy atom. The number of aromatic nitrogens is 1. The predicted octanol–water partition coefficient (Wildman–Crippen LogP) is 2.29. The normalized spacial score (nSPS) is 21.3. The highest BCUT2D eigenvalue weighted by Gasteiger charge is 2.16. The molecule has 0 amide bonds. The molecule has 2 aromatic rings. The molecule has 88 valence electrons. The number of pyridine rings is 1. The van der Waals surface area contributed by atoms with Gasteiger partial charge in [-0.25, -0.2) is 0 Å². The number of hydrogen-bond donors (Lipinski definition) is 1. The lowest BCUT2D eigenvalue weighted by Gasteiger charge is -2.17. The first-order valence-corrected chi connectivity index (χ1v) is 6.10. The number of fused-ring (bicyclic) bond motifs is 1. The molecule has 2 heterocycles. The average Bonchev–Trinajstić information content (AvgIpc) is 2.67. The molecule has 3 nitrogen and oxygen atoms in total. The van der Waals surface area contributed by atoms with E-state index in [2.05, 4.69) is 34.6 Å². The molecule has 0 radical (unpaired) electrons. The van der Waals surface area contributed by atoms with Gasteiger partial charge in [-0.3, -0.25) is 4.98 Å². The Hall–Kier alpha value is -1.45. The van der Waals surface area contributed by atoms with Gasteiger partial charge >= 0.3 is 0 Å². The Bertz CT molecular complexity index is 499. The molecular formula is C14H16N2O. The van der Waals surface area contributed by atoms with Gasteiger partial charge in [-0.15, -0.1) is 0 Å². The first-order valence-electron chi connectivity index (χ1n) is 6.10. The van der Waals surface area contributed by atoms with E-state index < -0.39 is 0 Å². The van der Waals surface area contributed by atoms with Crippen LogP contribution in [0.25, 0.3) is 10.9 Å². The summed E-state index contributed by atoms with van der Waals surface area (Å²) in [6.07, 6.45) is 2.96. The minimum atomic E-state index is 0.283. The van der Waals surface area contributed by atoms with Crippen molar-refractivity contribution in [3.8, 4) is 0 Å². The Morgan fingerprint density at radius 2 is 2.18 bits per heavy atom. The second-order valence-electron chi connectivity index (χ2n) is 4.35. The van der Waals surface area contributed by atoms with Crippen LogP contribution in [0, 0.1) is 0 Å². The van der Waals surface area contributed by atoms with Crippen LogP contribution in [0.15, 0.2) is 36.5 Å². The third-order valence-corrected chi connectivity index (χ3v) is 3.20. The molecule has 1 aliphatic rings. The van der Waals surface area contributed by atoms with Crippen molar-refractivity contribution in [1.29, 1.82) is 0 Å². The van der Waals surface area contributed by atoms with Crippen LogP contribution >= 0.6 is 0 Å². The van der Waals surface area contributed by atoms with Crippen molar-refractivity contribution in [2.75, 3.05) is 19.8 Å². The minimum absolute atomic E-state index is 0.283.